The summed E-state index contributed by atoms with van der Waals surface area (Å²) in [5.41, 5.74) is 0.588. The molecule has 92 valence electrons. The zero-order valence-corrected chi connectivity index (χ0v) is 11.6. The smallest absolute Gasteiger partial charge is 0.251 e. The first-order valence-electron chi connectivity index (χ1n) is 5.50. The lowest BCUT2D eigenvalue weighted by atomic mass is 10.1. The molecule has 0 aliphatic carbocycles. The number of rotatable bonds is 2. The summed E-state index contributed by atoms with van der Waals surface area (Å²) in [6.07, 6.45) is 1.74. The third-order valence-corrected chi connectivity index (χ3v) is 3.97. The average Bonchev–Trinajstić information content (AvgIpc) is 2.34. The first-order valence-corrected chi connectivity index (χ1v) is 6.67. The standard InChI is InChI=1S/C12H13BrClNO2/c13-10-2-1-8(7-11(10)14)12(16)15-9-3-5-17-6-4-9/h1-2,7,9H,3-6H2,(H,15,16). The molecular formula is C12H13BrClNO2. The Morgan fingerprint density at radius 2 is 2.12 bits per heavy atom. The van der Waals surface area contributed by atoms with Gasteiger partial charge in [0.15, 0.2) is 0 Å². The van der Waals surface area contributed by atoms with Crippen LogP contribution in [-0.4, -0.2) is 25.2 Å². The highest BCUT2D eigenvalue weighted by molar-refractivity contribution is 9.10. The Kier molecular flexibility index (Phi) is 4.42. The fourth-order valence-corrected chi connectivity index (χ4v) is 2.18. The van der Waals surface area contributed by atoms with Crippen LogP contribution < -0.4 is 5.32 Å². The summed E-state index contributed by atoms with van der Waals surface area (Å²) in [5.74, 6) is -0.0775. The van der Waals surface area contributed by atoms with E-state index in [9.17, 15) is 4.79 Å². The Hall–Kier alpha value is -0.580. The van der Waals surface area contributed by atoms with Crippen LogP contribution in [0.2, 0.25) is 5.02 Å². The van der Waals surface area contributed by atoms with Gasteiger partial charge in [-0.2, -0.15) is 0 Å². The highest BCUT2D eigenvalue weighted by Crippen LogP contribution is 2.23. The minimum absolute atomic E-state index is 0.0775. The highest BCUT2D eigenvalue weighted by Gasteiger charge is 2.17. The number of hydrogen-bond acceptors (Lipinski definition) is 2. The molecule has 0 aromatic heterocycles. The number of ether oxygens (including phenoxy) is 1. The van der Waals surface area contributed by atoms with E-state index in [4.69, 9.17) is 16.3 Å². The van der Waals surface area contributed by atoms with Gasteiger partial charge in [0.1, 0.15) is 0 Å². The molecule has 2 rings (SSSR count). The minimum atomic E-state index is -0.0775. The monoisotopic (exact) mass is 317 g/mol. The van der Waals surface area contributed by atoms with Crippen molar-refractivity contribution in [3.63, 3.8) is 0 Å². The molecule has 0 spiro atoms. The van der Waals surface area contributed by atoms with Crippen LogP contribution in [0, 0.1) is 0 Å². The predicted octanol–water partition coefficient (Wildman–Crippen LogP) is 3.01. The molecule has 1 heterocycles. The zero-order chi connectivity index (χ0) is 12.3. The van der Waals surface area contributed by atoms with Crippen LogP contribution in [0.25, 0.3) is 0 Å². The first-order chi connectivity index (χ1) is 8.16. The molecule has 1 N–H and O–H groups in total. The van der Waals surface area contributed by atoms with Gasteiger partial charge in [0.25, 0.3) is 5.91 Å². The van der Waals surface area contributed by atoms with E-state index in [1.807, 2.05) is 0 Å². The maximum absolute atomic E-state index is 12.0. The molecule has 0 radical (unpaired) electrons. The molecule has 0 bridgehead atoms. The van der Waals surface area contributed by atoms with E-state index in [0.717, 1.165) is 17.3 Å². The number of benzene rings is 1. The topological polar surface area (TPSA) is 38.3 Å². The second-order valence-electron chi connectivity index (χ2n) is 3.99. The molecule has 1 amide bonds. The van der Waals surface area contributed by atoms with E-state index in [0.29, 0.717) is 23.8 Å². The van der Waals surface area contributed by atoms with Gasteiger partial charge in [-0.25, -0.2) is 0 Å². The average molecular weight is 319 g/mol. The summed E-state index contributed by atoms with van der Waals surface area (Å²) in [6.45, 7) is 1.43. The normalized spacial score (nSPS) is 16.8. The van der Waals surface area contributed by atoms with Crippen LogP contribution >= 0.6 is 27.5 Å². The van der Waals surface area contributed by atoms with Gasteiger partial charge in [0, 0.05) is 29.3 Å². The molecule has 1 fully saturated rings. The molecule has 1 saturated heterocycles. The van der Waals surface area contributed by atoms with Crippen molar-refractivity contribution < 1.29 is 9.53 Å². The number of carbonyl (C=O) groups excluding carboxylic acids is 1. The van der Waals surface area contributed by atoms with Crippen molar-refractivity contribution in [1.82, 2.24) is 5.32 Å². The Bertz CT molecular complexity index is 419. The summed E-state index contributed by atoms with van der Waals surface area (Å²) < 4.78 is 6.04. The summed E-state index contributed by atoms with van der Waals surface area (Å²) >= 11 is 9.25. The Labute approximate surface area is 114 Å². The summed E-state index contributed by atoms with van der Waals surface area (Å²) in [5, 5.41) is 3.53. The lowest BCUT2D eigenvalue weighted by molar-refractivity contribution is 0.0696. The number of halogens is 2. The molecule has 0 saturated carbocycles. The minimum Gasteiger partial charge on any atom is -0.381 e. The second-order valence-corrected chi connectivity index (χ2v) is 5.25. The lowest BCUT2D eigenvalue weighted by Crippen LogP contribution is -2.38. The van der Waals surface area contributed by atoms with Crippen LogP contribution in [0.5, 0.6) is 0 Å². The fourth-order valence-electron chi connectivity index (χ4n) is 1.75. The number of amides is 1. The first kappa shape index (κ1) is 12.9. The van der Waals surface area contributed by atoms with E-state index >= 15 is 0 Å². The quantitative estimate of drug-likeness (QED) is 0.910. The van der Waals surface area contributed by atoms with Crippen LogP contribution in [0.4, 0.5) is 0 Å². The van der Waals surface area contributed by atoms with Crippen molar-refractivity contribution in [3.8, 4) is 0 Å². The van der Waals surface area contributed by atoms with Crippen molar-refractivity contribution in [3.05, 3.63) is 33.3 Å². The summed E-state index contributed by atoms with van der Waals surface area (Å²) in [7, 11) is 0. The lowest BCUT2D eigenvalue weighted by Gasteiger charge is -2.23. The molecule has 1 aliphatic heterocycles. The van der Waals surface area contributed by atoms with Gasteiger partial charge in [-0.3, -0.25) is 4.79 Å². The maximum Gasteiger partial charge on any atom is 0.251 e. The van der Waals surface area contributed by atoms with E-state index in [2.05, 4.69) is 21.2 Å². The molecule has 5 heteroatoms. The highest BCUT2D eigenvalue weighted by atomic mass is 79.9. The SMILES string of the molecule is O=C(NC1CCOCC1)c1ccc(Br)c(Cl)c1. The molecule has 17 heavy (non-hydrogen) atoms. The third kappa shape index (κ3) is 3.44. The number of nitrogens with one attached hydrogen (secondary N) is 1. The van der Waals surface area contributed by atoms with Crippen molar-refractivity contribution >= 4 is 33.4 Å². The van der Waals surface area contributed by atoms with E-state index in [-0.39, 0.29) is 11.9 Å². The molecule has 1 aliphatic rings. The van der Waals surface area contributed by atoms with E-state index < -0.39 is 0 Å². The van der Waals surface area contributed by atoms with E-state index in [1.165, 1.54) is 0 Å². The van der Waals surface area contributed by atoms with Crippen molar-refractivity contribution in [2.75, 3.05) is 13.2 Å². The molecule has 0 unspecified atom stereocenters. The molecule has 1 aromatic carbocycles. The van der Waals surface area contributed by atoms with Gasteiger partial charge in [-0.05, 0) is 47.0 Å². The second kappa shape index (κ2) is 5.85. The maximum atomic E-state index is 12.0. The third-order valence-electron chi connectivity index (χ3n) is 2.74. The number of carbonyl (C=O) groups is 1. The Morgan fingerprint density at radius 3 is 2.76 bits per heavy atom. The van der Waals surface area contributed by atoms with Crippen molar-refractivity contribution in [2.45, 2.75) is 18.9 Å². The number of hydrogen-bond donors (Lipinski definition) is 1. The molecule has 3 nitrogen and oxygen atoms in total. The van der Waals surface area contributed by atoms with Crippen LogP contribution in [0.1, 0.15) is 23.2 Å². The van der Waals surface area contributed by atoms with Crippen LogP contribution in [0.3, 0.4) is 0 Å². The fraction of sp³-hybridized carbons (Fsp3) is 0.417. The van der Waals surface area contributed by atoms with E-state index in [1.54, 1.807) is 18.2 Å². The largest absolute Gasteiger partial charge is 0.381 e. The van der Waals surface area contributed by atoms with Gasteiger partial charge < -0.3 is 10.1 Å². The zero-order valence-electron chi connectivity index (χ0n) is 9.21. The summed E-state index contributed by atoms with van der Waals surface area (Å²) in [4.78, 5) is 12.0. The molecular weight excluding hydrogens is 305 g/mol. The van der Waals surface area contributed by atoms with Crippen molar-refractivity contribution in [2.24, 2.45) is 0 Å². The van der Waals surface area contributed by atoms with Crippen LogP contribution in [-0.2, 0) is 4.74 Å². The Morgan fingerprint density at radius 1 is 1.41 bits per heavy atom. The van der Waals surface area contributed by atoms with Gasteiger partial charge in [-0.15, -0.1) is 0 Å². The van der Waals surface area contributed by atoms with Gasteiger partial charge >= 0.3 is 0 Å². The summed E-state index contributed by atoms with van der Waals surface area (Å²) in [6, 6.07) is 5.41. The van der Waals surface area contributed by atoms with Gasteiger partial charge in [0.2, 0.25) is 0 Å². The predicted molar refractivity (Wildman–Crippen MR) is 70.5 cm³/mol. The Balaban J connectivity index is 2.01. The molecule has 1 aromatic rings. The van der Waals surface area contributed by atoms with Gasteiger partial charge in [-0.1, -0.05) is 11.6 Å². The van der Waals surface area contributed by atoms with Gasteiger partial charge in [0.05, 0.1) is 5.02 Å². The van der Waals surface area contributed by atoms with Crippen molar-refractivity contribution in [1.29, 1.82) is 0 Å². The van der Waals surface area contributed by atoms with Crippen LogP contribution in [0.15, 0.2) is 22.7 Å². The molecule has 0 atom stereocenters.